The second kappa shape index (κ2) is 11.9. The number of primary amides is 1. The third kappa shape index (κ3) is 7.80. The Balaban J connectivity index is 2.00. The molecule has 0 spiro atoms. The number of rotatable bonds is 9. The number of alkyl halides is 6. The van der Waals surface area contributed by atoms with E-state index >= 15 is 0 Å². The van der Waals surface area contributed by atoms with Crippen molar-refractivity contribution in [3.05, 3.63) is 65.7 Å². The molecule has 0 saturated carbocycles. The van der Waals surface area contributed by atoms with Gasteiger partial charge in [-0.3, -0.25) is 14.4 Å². The highest BCUT2D eigenvalue weighted by Crippen LogP contribution is 2.33. The summed E-state index contributed by atoms with van der Waals surface area (Å²) in [5.74, 6) is -7.08. The predicted octanol–water partition coefficient (Wildman–Crippen LogP) is 4.35. The number of carbonyl (C=O) groups is 3. The van der Waals surface area contributed by atoms with E-state index < -0.39 is 73.8 Å². The van der Waals surface area contributed by atoms with Crippen LogP contribution in [0.3, 0.4) is 0 Å². The number of hydrogen-bond acceptors (Lipinski definition) is 4. The average Bonchev–Trinajstić information content (AvgIpc) is 2.95. The summed E-state index contributed by atoms with van der Waals surface area (Å²) in [5.41, 5.74) is 7.08. The molecule has 2 aromatic rings. The van der Waals surface area contributed by atoms with Crippen molar-refractivity contribution in [3.8, 4) is 0 Å². The number of hydrogen-bond donors (Lipinski definition) is 2. The lowest BCUT2D eigenvalue weighted by molar-refractivity contribution is -0.152. The van der Waals surface area contributed by atoms with Gasteiger partial charge in [0.15, 0.2) is 0 Å². The lowest BCUT2D eigenvalue weighted by Crippen LogP contribution is -2.50. The van der Waals surface area contributed by atoms with Crippen LogP contribution in [-0.4, -0.2) is 49.0 Å². The minimum atomic E-state index is -4.76. The quantitative estimate of drug-likeness (QED) is 0.449. The smallest absolute Gasteiger partial charge is 0.369 e. The fraction of sp³-hybridized carbons (Fsp3) is 0.385. The summed E-state index contributed by atoms with van der Waals surface area (Å²) in [6.45, 7) is 0. The van der Waals surface area contributed by atoms with Crippen LogP contribution in [0.25, 0.3) is 0 Å². The highest BCUT2D eigenvalue weighted by Gasteiger charge is 2.41. The third-order valence-electron chi connectivity index (χ3n) is 6.33. The Labute approximate surface area is 220 Å². The van der Waals surface area contributed by atoms with E-state index in [9.17, 15) is 40.7 Å². The molecule has 2 aromatic carbocycles. The normalized spacial score (nSPS) is 17.5. The maximum atomic E-state index is 13.3. The van der Waals surface area contributed by atoms with Crippen molar-refractivity contribution in [3.63, 3.8) is 0 Å². The maximum Gasteiger partial charge on any atom is 0.389 e. The maximum absolute atomic E-state index is 13.3. The molecule has 1 aliphatic rings. The second-order valence-electron chi connectivity index (χ2n) is 9.09. The molecule has 0 aromatic heterocycles. The highest BCUT2D eigenvalue weighted by molar-refractivity contribution is 6.20. The van der Waals surface area contributed by atoms with Gasteiger partial charge in [-0.2, -0.15) is 26.3 Å². The summed E-state index contributed by atoms with van der Waals surface area (Å²) in [6.07, 6.45) is -16.2. The fourth-order valence-corrected chi connectivity index (χ4v) is 4.38. The Morgan fingerprint density at radius 3 is 2.03 bits per heavy atom. The van der Waals surface area contributed by atoms with Crippen molar-refractivity contribution < 1.29 is 40.7 Å². The van der Waals surface area contributed by atoms with E-state index in [0.717, 1.165) is 0 Å². The SMILES string of the molecule is CN1C(=O)[C@@H](NC(=O)[C@H](CCC(F)(F)F)[C@H](CCC(F)(F)F)C(N)=O)N=C(c2ccccc2)c2ccccc21. The standard InChI is InChI=1S/C26H26F6N4O3/c1-36-19-10-6-5-9-18(19)20(15-7-3-2-4-8-15)34-22(24(36)39)35-23(38)17(12-14-26(30,31)32)16(21(33)37)11-13-25(27,28)29/h2-10,16-17,22H,11-14H2,1H3,(H2,33,37)(H,35,38)/t16-,17+,22+/m0/s1. The number of nitrogens with one attached hydrogen (secondary N) is 1. The Bertz CT molecular complexity index is 1230. The summed E-state index contributed by atoms with van der Waals surface area (Å²) in [4.78, 5) is 44.2. The Kier molecular flexibility index (Phi) is 9.03. The number of benzene rings is 2. The number of carbonyl (C=O) groups excluding carboxylic acids is 3. The van der Waals surface area contributed by atoms with Crippen molar-refractivity contribution in [2.75, 3.05) is 11.9 Å². The van der Waals surface area contributed by atoms with Crippen LogP contribution < -0.4 is 16.0 Å². The zero-order valence-electron chi connectivity index (χ0n) is 20.7. The molecule has 0 bridgehead atoms. The van der Waals surface area contributed by atoms with Gasteiger partial charge in [0.25, 0.3) is 5.91 Å². The van der Waals surface area contributed by atoms with Crippen LogP contribution in [0, 0.1) is 11.8 Å². The van der Waals surface area contributed by atoms with Gasteiger partial charge in [-0.1, -0.05) is 48.5 Å². The Hall–Kier alpha value is -3.90. The van der Waals surface area contributed by atoms with Crippen molar-refractivity contribution in [2.45, 2.75) is 44.2 Å². The molecule has 1 aliphatic heterocycles. The average molecular weight is 557 g/mol. The van der Waals surface area contributed by atoms with E-state index in [0.29, 0.717) is 22.5 Å². The van der Waals surface area contributed by atoms with Crippen molar-refractivity contribution in [1.29, 1.82) is 0 Å². The molecule has 39 heavy (non-hydrogen) atoms. The van der Waals surface area contributed by atoms with Crippen LogP contribution in [0.4, 0.5) is 32.0 Å². The van der Waals surface area contributed by atoms with E-state index in [1.807, 2.05) is 0 Å². The van der Waals surface area contributed by atoms with Crippen molar-refractivity contribution in [1.82, 2.24) is 5.32 Å². The van der Waals surface area contributed by atoms with Crippen molar-refractivity contribution in [2.24, 2.45) is 22.6 Å². The number of nitrogens with two attached hydrogens (primary N) is 1. The topological polar surface area (TPSA) is 105 Å². The van der Waals surface area contributed by atoms with Gasteiger partial charge in [0, 0.05) is 42.9 Å². The van der Waals surface area contributed by atoms with Gasteiger partial charge in [0.2, 0.25) is 18.0 Å². The largest absolute Gasteiger partial charge is 0.389 e. The van der Waals surface area contributed by atoms with Crippen LogP contribution in [-0.2, 0) is 14.4 Å². The van der Waals surface area contributed by atoms with Gasteiger partial charge < -0.3 is 16.0 Å². The molecule has 0 saturated heterocycles. The number of para-hydroxylation sites is 1. The number of amides is 3. The van der Waals surface area contributed by atoms with Crippen molar-refractivity contribution >= 4 is 29.1 Å². The predicted molar refractivity (Wildman–Crippen MR) is 131 cm³/mol. The lowest BCUT2D eigenvalue weighted by Gasteiger charge is -2.27. The lowest BCUT2D eigenvalue weighted by atomic mass is 9.83. The molecular weight excluding hydrogens is 530 g/mol. The first kappa shape index (κ1) is 29.7. The molecule has 3 atom stereocenters. The second-order valence-corrected chi connectivity index (χ2v) is 9.09. The number of fused-ring (bicyclic) bond motifs is 1. The van der Waals surface area contributed by atoms with Gasteiger partial charge in [0.1, 0.15) is 0 Å². The van der Waals surface area contributed by atoms with Crippen LogP contribution in [0.5, 0.6) is 0 Å². The molecule has 1 heterocycles. The summed E-state index contributed by atoms with van der Waals surface area (Å²) >= 11 is 0. The van der Waals surface area contributed by atoms with Gasteiger partial charge in [-0.05, 0) is 18.9 Å². The van der Waals surface area contributed by atoms with Gasteiger partial charge >= 0.3 is 12.4 Å². The highest BCUT2D eigenvalue weighted by atomic mass is 19.4. The van der Waals surface area contributed by atoms with E-state index in [-0.39, 0.29) is 0 Å². The molecular formula is C26H26F6N4O3. The van der Waals surface area contributed by atoms with Crippen LogP contribution >= 0.6 is 0 Å². The number of benzodiazepines with no additional fused rings is 1. The van der Waals surface area contributed by atoms with Gasteiger partial charge in [-0.25, -0.2) is 4.99 Å². The van der Waals surface area contributed by atoms with Gasteiger partial charge in [-0.15, -0.1) is 0 Å². The molecule has 3 amide bonds. The number of likely N-dealkylation sites (N-methyl/N-ethyl adjacent to an activating group) is 1. The monoisotopic (exact) mass is 556 g/mol. The summed E-state index contributed by atoms with van der Waals surface area (Å²) in [6, 6.07) is 15.3. The van der Waals surface area contributed by atoms with E-state index in [2.05, 4.69) is 10.3 Å². The minimum Gasteiger partial charge on any atom is -0.369 e. The van der Waals surface area contributed by atoms with Crippen LogP contribution in [0.2, 0.25) is 0 Å². The Morgan fingerprint density at radius 2 is 1.46 bits per heavy atom. The molecule has 3 N–H and O–H groups in total. The minimum absolute atomic E-state index is 0.296. The number of halogens is 6. The number of anilines is 1. The first-order valence-electron chi connectivity index (χ1n) is 11.9. The zero-order chi connectivity index (χ0) is 29.0. The zero-order valence-corrected chi connectivity index (χ0v) is 20.7. The molecule has 0 fully saturated rings. The first-order chi connectivity index (χ1) is 18.2. The molecule has 3 rings (SSSR count). The molecule has 0 radical (unpaired) electrons. The summed E-state index contributed by atoms with van der Waals surface area (Å²) < 4.78 is 77.7. The van der Waals surface area contributed by atoms with E-state index in [4.69, 9.17) is 5.73 Å². The Morgan fingerprint density at radius 1 is 0.923 bits per heavy atom. The molecule has 210 valence electrons. The molecule has 7 nitrogen and oxygen atoms in total. The van der Waals surface area contributed by atoms with Crippen LogP contribution in [0.15, 0.2) is 59.6 Å². The summed E-state index contributed by atoms with van der Waals surface area (Å²) in [7, 11) is 1.42. The third-order valence-corrected chi connectivity index (χ3v) is 6.33. The number of aliphatic imine (C=N–C) groups is 1. The summed E-state index contributed by atoms with van der Waals surface area (Å²) in [5, 5.41) is 2.27. The van der Waals surface area contributed by atoms with E-state index in [1.54, 1.807) is 54.6 Å². The first-order valence-corrected chi connectivity index (χ1v) is 11.9. The number of nitrogens with zero attached hydrogens (tertiary/aromatic N) is 2. The fourth-order valence-electron chi connectivity index (χ4n) is 4.38. The van der Waals surface area contributed by atoms with Crippen LogP contribution in [0.1, 0.15) is 36.8 Å². The molecule has 0 unspecified atom stereocenters. The molecule has 13 heteroatoms. The van der Waals surface area contributed by atoms with Gasteiger partial charge in [0.05, 0.1) is 11.4 Å². The van der Waals surface area contributed by atoms with E-state index in [1.165, 1.54) is 11.9 Å². The molecule has 0 aliphatic carbocycles.